The van der Waals surface area contributed by atoms with E-state index >= 15 is 0 Å². The van der Waals surface area contributed by atoms with Crippen molar-refractivity contribution >= 4 is 39.2 Å². The summed E-state index contributed by atoms with van der Waals surface area (Å²) in [6, 6.07) is 14.4. The van der Waals surface area contributed by atoms with Gasteiger partial charge in [-0.25, -0.2) is 4.98 Å². The van der Waals surface area contributed by atoms with Crippen LogP contribution in [0.15, 0.2) is 48.7 Å². The van der Waals surface area contributed by atoms with Gasteiger partial charge in [0.15, 0.2) is 0 Å². The maximum atomic E-state index is 6.31. The van der Waals surface area contributed by atoms with E-state index in [0.29, 0.717) is 11.1 Å². The second-order valence-electron chi connectivity index (χ2n) is 7.34. The zero-order valence-corrected chi connectivity index (χ0v) is 16.3. The summed E-state index contributed by atoms with van der Waals surface area (Å²) in [5.41, 5.74) is 4.87. The van der Waals surface area contributed by atoms with Gasteiger partial charge in [0, 0.05) is 29.2 Å². The summed E-state index contributed by atoms with van der Waals surface area (Å²) in [6.07, 6.45) is 5.62. The number of rotatable bonds is 4. The van der Waals surface area contributed by atoms with Gasteiger partial charge in [-0.1, -0.05) is 30.2 Å². The Hall–Kier alpha value is -2.63. The maximum Gasteiger partial charge on any atom is 0.142 e. The highest BCUT2D eigenvalue weighted by Crippen LogP contribution is 2.34. The molecule has 1 saturated heterocycles. The number of piperidine rings is 1. The van der Waals surface area contributed by atoms with Gasteiger partial charge >= 0.3 is 0 Å². The smallest absolute Gasteiger partial charge is 0.142 e. The summed E-state index contributed by atoms with van der Waals surface area (Å²) in [5.74, 6) is 0.815. The number of aromatic amines is 1. The van der Waals surface area contributed by atoms with Crippen LogP contribution in [0.3, 0.4) is 0 Å². The quantitative estimate of drug-likeness (QED) is 0.458. The molecule has 0 radical (unpaired) electrons. The second-order valence-corrected chi connectivity index (χ2v) is 7.78. The van der Waals surface area contributed by atoms with Crippen molar-refractivity contribution in [3.8, 4) is 11.4 Å². The Labute approximate surface area is 168 Å². The minimum absolute atomic E-state index is 0.472. The molecule has 0 unspecified atom stereocenters. The summed E-state index contributed by atoms with van der Waals surface area (Å²) < 4.78 is 0. The summed E-state index contributed by atoms with van der Waals surface area (Å²) in [5, 5.41) is 9.00. The third kappa shape index (κ3) is 3.32. The molecule has 0 aliphatic carbocycles. The molecular weight excluding hydrogens is 370 g/mol. The largest absolute Gasteiger partial charge is 0.382 e. The summed E-state index contributed by atoms with van der Waals surface area (Å²) >= 11 is 6.31. The number of halogens is 1. The van der Waals surface area contributed by atoms with Crippen LogP contribution in [0.5, 0.6) is 0 Å². The van der Waals surface area contributed by atoms with Crippen molar-refractivity contribution in [3.63, 3.8) is 0 Å². The zero-order valence-electron chi connectivity index (χ0n) is 15.5. The number of imidazole rings is 1. The lowest BCUT2D eigenvalue weighted by molar-refractivity contribution is 0.414. The van der Waals surface area contributed by atoms with Crippen LogP contribution in [-0.2, 0) is 0 Å². The van der Waals surface area contributed by atoms with Crippen molar-refractivity contribution in [3.05, 3.63) is 53.7 Å². The highest BCUT2D eigenvalue weighted by atomic mass is 35.5. The number of pyridine rings is 1. The molecule has 1 aliphatic heterocycles. The Bertz CT molecular complexity index is 1100. The molecule has 1 fully saturated rings. The van der Waals surface area contributed by atoms with Gasteiger partial charge in [0.1, 0.15) is 5.82 Å². The highest BCUT2D eigenvalue weighted by molar-refractivity contribution is 6.31. The predicted octanol–water partition coefficient (Wildman–Crippen LogP) is 4.99. The van der Waals surface area contributed by atoms with E-state index in [9.17, 15) is 0 Å². The molecule has 0 amide bonds. The number of para-hydroxylation sites is 2. The van der Waals surface area contributed by atoms with Crippen molar-refractivity contribution in [2.45, 2.75) is 25.3 Å². The summed E-state index contributed by atoms with van der Waals surface area (Å²) in [6.45, 7) is 1.95. The molecule has 3 heterocycles. The van der Waals surface area contributed by atoms with Crippen molar-refractivity contribution in [2.24, 2.45) is 0 Å². The van der Waals surface area contributed by atoms with E-state index in [1.807, 2.05) is 48.7 Å². The van der Waals surface area contributed by atoms with Gasteiger partial charge in [-0.15, -0.1) is 0 Å². The monoisotopic (exact) mass is 391 g/mol. The predicted molar refractivity (Wildman–Crippen MR) is 116 cm³/mol. The van der Waals surface area contributed by atoms with Gasteiger partial charge in [0.25, 0.3) is 0 Å². The van der Waals surface area contributed by atoms with Crippen molar-refractivity contribution in [2.75, 3.05) is 18.4 Å². The lowest BCUT2D eigenvalue weighted by atomic mass is 10.0. The number of fused-ring (bicyclic) bond motifs is 2. The lowest BCUT2D eigenvalue weighted by Gasteiger charge is -2.25. The normalized spacial score (nSPS) is 17.2. The minimum Gasteiger partial charge on any atom is -0.382 e. The first-order chi connectivity index (χ1) is 13.8. The van der Waals surface area contributed by atoms with E-state index in [-0.39, 0.29) is 0 Å². The molecule has 5 rings (SSSR count). The topological polar surface area (TPSA) is 65.6 Å². The molecule has 0 saturated carbocycles. The van der Waals surface area contributed by atoms with E-state index in [4.69, 9.17) is 16.6 Å². The Morgan fingerprint density at radius 2 is 2.04 bits per heavy atom. The summed E-state index contributed by atoms with van der Waals surface area (Å²) in [4.78, 5) is 12.9. The van der Waals surface area contributed by atoms with Crippen LogP contribution in [-0.4, -0.2) is 34.1 Å². The molecule has 2 aromatic carbocycles. The van der Waals surface area contributed by atoms with Crippen LogP contribution >= 0.6 is 11.6 Å². The first kappa shape index (κ1) is 17.5. The number of nitrogens with zero attached hydrogens (tertiary/aromatic N) is 2. The number of anilines is 1. The molecule has 1 aliphatic rings. The number of hydrogen-bond donors (Lipinski definition) is 3. The first-order valence-electron chi connectivity index (χ1n) is 9.78. The zero-order chi connectivity index (χ0) is 18.9. The Morgan fingerprint density at radius 1 is 1.11 bits per heavy atom. The average Bonchev–Trinajstić information content (AvgIpc) is 3.16. The van der Waals surface area contributed by atoms with E-state index in [1.54, 1.807) is 0 Å². The van der Waals surface area contributed by atoms with Gasteiger partial charge < -0.3 is 15.6 Å². The average molecular weight is 392 g/mol. The van der Waals surface area contributed by atoms with E-state index < -0.39 is 0 Å². The standard InChI is InChI=1S/C22H22ClN5/c23-14-8-9-18-16(11-14)21(26-12-15-5-3-4-10-24-15)17(13-25-18)22-27-19-6-1-2-7-20(19)28-22/h1-2,6-9,11,13,15,24H,3-5,10,12H2,(H,25,26)(H,27,28)/t15-/m1/s1. The van der Waals surface area contributed by atoms with E-state index in [0.717, 1.165) is 52.1 Å². The molecular formula is C22H22ClN5. The first-order valence-corrected chi connectivity index (χ1v) is 10.2. The molecule has 0 bridgehead atoms. The Morgan fingerprint density at radius 3 is 2.89 bits per heavy atom. The molecule has 6 heteroatoms. The maximum absolute atomic E-state index is 6.31. The van der Waals surface area contributed by atoms with Crippen LogP contribution < -0.4 is 10.6 Å². The fraction of sp³-hybridized carbons (Fsp3) is 0.273. The van der Waals surface area contributed by atoms with Crippen molar-refractivity contribution in [1.29, 1.82) is 0 Å². The molecule has 142 valence electrons. The number of aromatic nitrogens is 3. The Balaban J connectivity index is 1.60. The fourth-order valence-electron chi connectivity index (χ4n) is 3.94. The SMILES string of the molecule is Clc1ccc2ncc(-c3nc4ccccc4[nH]3)c(NC[C@H]3CCCCN3)c2c1. The number of nitrogens with one attached hydrogen (secondary N) is 3. The highest BCUT2D eigenvalue weighted by Gasteiger charge is 2.17. The number of benzene rings is 2. The Kier molecular flexibility index (Phi) is 4.63. The molecule has 2 aromatic heterocycles. The minimum atomic E-state index is 0.472. The number of H-pyrrole nitrogens is 1. The van der Waals surface area contributed by atoms with Crippen LogP contribution in [0.1, 0.15) is 19.3 Å². The molecule has 28 heavy (non-hydrogen) atoms. The van der Waals surface area contributed by atoms with Gasteiger partial charge in [-0.05, 0) is 49.7 Å². The molecule has 3 N–H and O–H groups in total. The fourth-order valence-corrected chi connectivity index (χ4v) is 4.11. The second kappa shape index (κ2) is 7.41. The van der Waals surface area contributed by atoms with Gasteiger partial charge in [0.2, 0.25) is 0 Å². The van der Waals surface area contributed by atoms with E-state index in [1.165, 1.54) is 19.3 Å². The summed E-state index contributed by atoms with van der Waals surface area (Å²) in [7, 11) is 0. The molecule has 1 atom stereocenters. The van der Waals surface area contributed by atoms with Crippen LogP contribution in [0, 0.1) is 0 Å². The molecule has 4 aromatic rings. The van der Waals surface area contributed by atoms with Crippen molar-refractivity contribution < 1.29 is 0 Å². The number of hydrogen-bond acceptors (Lipinski definition) is 4. The molecule has 5 nitrogen and oxygen atoms in total. The van der Waals surface area contributed by atoms with Gasteiger partial charge in [-0.3, -0.25) is 4.98 Å². The van der Waals surface area contributed by atoms with E-state index in [2.05, 4.69) is 20.6 Å². The van der Waals surface area contributed by atoms with Crippen molar-refractivity contribution in [1.82, 2.24) is 20.3 Å². The van der Waals surface area contributed by atoms with Crippen LogP contribution in [0.4, 0.5) is 5.69 Å². The van der Waals surface area contributed by atoms with Crippen LogP contribution in [0.25, 0.3) is 33.3 Å². The molecule has 0 spiro atoms. The van der Waals surface area contributed by atoms with Gasteiger partial charge in [-0.2, -0.15) is 0 Å². The van der Waals surface area contributed by atoms with Crippen LogP contribution in [0.2, 0.25) is 5.02 Å². The lowest BCUT2D eigenvalue weighted by Crippen LogP contribution is -2.39. The third-order valence-corrected chi connectivity index (χ3v) is 5.65. The third-order valence-electron chi connectivity index (χ3n) is 5.41. The van der Waals surface area contributed by atoms with Gasteiger partial charge in [0.05, 0.1) is 27.8 Å².